The molecule has 0 aromatic heterocycles. The Bertz CT molecular complexity index is 683. The molecule has 0 heterocycles. The average molecular weight is 426 g/mol. The van der Waals surface area contributed by atoms with Crippen molar-refractivity contribution < 1.29 is 24.6 Å². The molecule has 2 amide bonds. The van der Waals surface area contributed by atoms with Crippen molar-refractivity contribution in [2.75, 3.05) is 12.0 Å². The number of carboxylic acid groups (broad SMARTS) is 1. The molecule has 0 aliphatic heterocycles. The van der Waals surface area contributed by atoms with E-state index in [1.807, 2.05) is 20.1 Å². The van der Waals surface area contributed by atoms with Gasteiger partial charge in [0.2, 0.25) is 11.8 Å². The number of nitrogens with two attached hydrogens (primary N) is 1. The van der Waals surface area contributed by atoms with Gasteiger partial charge in [-0.25, -0.2) is 4.79 Å². The molecular weight excluding hydrogens is 394 g/mol. The molecule has 0 aliphatic rings. The van der Waals surface area contributed by atoms with Crippen LogP contribution >= 0.6 is 11.8 Å². The summed E-state index contributed by atoms with van der Waals surface area (Å²) in [5.41, 5.74) is 6.77. The van der Waals surface area contributed by atoms with Crippen LogP contribution in [0.4, 0.5) is 0 Å². The van der Waals surface area contributed by atoms with E-state index in [2.05, 4.69) is 10.6 Å². The maximum atomic E-state index is 12.7. The number of carbonyl (C=O) groups excluding carboxylic acids is 2. The second kappa shape index (κ2) is 12.3. The standard InChI is InChI=1S/C20H31N3O5S/c1-4-12(2)17(19(26)22-16(20(27)28)9-10-29-3)23-18(25)15(21)11-13-5-7-14(24)8-6-13/h5-8,12,15-17,24H,4,9-11,21H2,1-3H3,(H,22,26)(H,23,25)(H,27,28)/t12-,15-,16-,17-/m0/s1. The van der Waals surface area contributed by atoms with Crippen molar-refractivity contribution in [1.29, 1.82) is 0 Å². The molecule has 0 radical (unpaired) electrons. The van der Waals surface area contributed by atoms with Crippen LogP contribution in [0.3, 0.4) is 0 Å². The van der Waals surface area contributed by atoms with E-state index in [4.69, 9.17) is 5.73 Å². The summed E-state index contributed by atoms with van der Waals surface area (Å²) in [6.45, 7) is 3.70. The number of carbonyl (C=O) groups is 3. The minimum absolute atomic E-state index is 0.120. The van der Waals surface area contributed by atoms with E-state index >= 15 is 0 Å². The van der Waals surface area contributed by atoms with Crippen LogP contribution in [0.15, 0.2) is 24.3 Å². The van der Waals surface area contributed by atoms with Crippen molar-refractivity contribution in [2.24, 2.45) is 11.7 Å². The van der Waals surface area contributed by atoms with E-state index in [0.29, 0.717) is 18.6 Å². The van der Waals surface area contributed by atoms with Crippen LogP contribution in [0.2, 0.25) is 0 Å². The van der Waals surface area contributed by atoms with Gasteiger partial charge in [0.15, 0.2) is 0 Å². The van der Waals surface area contributed by atoms with Gasteiger partial charge in [0.1, 0.15) is 17.8 Å². The molecule has 1 aromatic rings. The number of hydrogen-bond donors (Lipinski definition) is 5. The Morgan fingerprint density at radius 2 is 1.76 bits per heavy atom. The molecule has 1 aromatic carbocycles. The molecular formula is C20H31N3O5S. The number of aliphatic carboxylic acids is 1. The van der Waals surface area contributed by atoms with E-state index in [-0.39, 0.29) is 18.1 Å². The summed E-state index contributed by atoms with van der Waals surface area (Å²) in [6.07, 6.45) is 3.02. The zero-order chi connectivity index (χ0) is 22.0. The minimum Gasteiger partial charge on any atom is -0.508 e. The number of phenols is 1. The highest BCUT2D eigenvalue weighted by Gasteiger charge is 2.30. The third kappa shape index (κ3) is 8.33. The van der Waals surface area contributed by atoms with E-state index < -0.39 is 35.9 Å². The summed E-state index contributed by atoms with van der Waals surface area (Å²) in [4.78, 5) is 36.7. The van der Waals surface area contributed by atoms with Crippen LogP contribution in [0.1, 0.15) is 32.3 Å². The largest absolute Gasteiger partial charge is 0.508 e. The first-order valence-corrected chi connectivity index (χ1v) is 10.9. The summed E-state index contributed by atoms with van der Waals surface area (Å²) >= 11 is 1.49. The monoisotopic (exact) mass is 425 g/mol. The van der Waals surface area contributed by atoms with E-state index in [0.717, 1.165) is 5.56 Å². The lowest BCUT2D eigenvalue weighted by molar-refractivity contribution is -0.142. The van der Waals surface area contributed by atoms with Gasteiger partial charge in [-0.1, -0.05) is 32.4 Å². The SMILES string of the molecule is CC[C@H](C)[C@H](NC(=O)[C@@H](N)Cc1ccc(O)cc1)C(=O)N[C@@H](CCSC)C(=O)O. The van der Waals surface area contributed by atoms with Crippen molar-refractivity contribution >= 4 is 29.5 Å². The van der Waals surface area contributed by atoms with Crippen molar-refractivity contribution in [1.82, 2.24) is 10.6 Å². The lowest BCUT2D eigenvalue weighted by Crippen LogP contribution is -2.57. The number of carboxylic acids is 1. The highest BCUT2D eigenvalue weighted by molar-refractivity contribution is 7.98. The summed E-state index contributed by atoms with van der Waals surface area (Å²) in [5.74, 6) is -1.61. The van der Waals surface area contributed by atoms with Crippen LogP contribution in [0.25, 0.3) is 0 Å². The Kier molecular flexibility index (Phi) is 10.5. The topological polar surface area (TPSA) is 142 Å². The van der Waals surface area contributed by atoms with E-state index in [9.17, 15) is 24.6 Å². The fourth-order valence-corrected chi connectivity index (χ4v) is 3.17. The second-order valence-corrected chi connectivity index (χ2v) is 8.02. The number of hydrogen-bond acceptors (Lipinski definition) is 6. The Morgan fingerprint density at radius 3 is 2.28 bits per heavy atom. The fraction of sp³-hybridized carbons (Fsp3) is 0.550. The second-order valence-electron chi connectivity index (χ2n) is 7.03. The summed E-state index contributed by atoms with van der Waals surface area (Å²) < 4.78 is 0. The number of benzene rings is 1. The first-order chi connectivity index (χ1) is 13.7. The predicted octanol–water partition coefficient (Wildman–Crippen LogP) is 1.12. The molecule has 8 nitrogen and oxygen atoms in total. The van der Waals surface area contributed by atoms with Gasteiger partial charge < -0.3 is 26.6 Å². The van der Waals surface area contributed by atoms with Crippen molar-refractivity contribution in [3.05, 3.63) is 29.8 Å². The summed E-state index contributed by atoms with van der Waals surface area (Å²) in [7, 11) is 0. The Morgan fingerprint density at radius 1 is 1.14 bits per heavy atom. The van der Waals surface area contributed by atoms with Gasteiger partial charge in [0.25, 0.3) is 0 Å². The summed E-state index contributed by atoms with van der Waals surface area (Å²) in [5, 5.41) is 23.9. The molecule has 9 heteroatoms. The predicted molar refractivity (Wildman–Crippen MR) is 114 cm³/mol. The molecule has 0 saturated heterocycles. The van der Waals surface area contributed by atoms with Gasteiger partial charge in [-0.05, 0) is 48.5 Å². The van der Waals surface area contributed by atoms with Gasteiger partial charge >= 0.3 is 5.97 Å². The quantitative estimate of drug-likeness (QED) is 0.338. The maximum Gasteiger partial charge on any atom is 0.326 e. The number of thioether (sulfide) groups is 1. The molecule has 0 unspecified atom stereocenters. The molecule has 162 valence electrons. The zero-order valence-corrected chi connectivity index (χ0v) is 17.9. The molecule has 0 aliphatic carbocycles. The Labute approximate surface area is 175 Å². The molecule has 0 fully saturated rings. The normalized spacial score (nSPS) is 15.0. The molecule has 1 rings (SSSR count). The fourth-order valence-electron chi connectivity index (χ4n) is 2.70. The smallest absolute Gasteiger partial charge is 0.326 e. The zero-order valence-electron chi connectivity index (χ0n) is 17.1. The molecule has 0 saturated carbocycles. The molecule has 6 N–H and O–H groups in total. The number of nitrogens with one attached hydrogen (secondary N) is 2. The van der Waals surface area contributed by atoms with Gasteiger partial charge in [0.05, 0.1) is 6.04 Å². The third-order valence-electron chi connectivity index (χ3n) is 4.75. The number of rotatable bonds is 12. The highest BCUT2D eigenvalue weighted by Crippen LogP contribution is 2.13. The van der Waals surface area contributed by atoms with E-state index in [1.165, 1.54) is 23.9 Å². The lowest BCUT2D eigenvalue weighted by atomic mass is 9.97. The first kappa shape index (κ1) is 24.8. The Balaban J connectivity index is 2.80. The minimum atomic E-state index is -1.11. The van der Waals surface area contributed by atoms with Crippen LogP contribution in [-0.4, -0.2) is 58.1 Å². The number of phenolic OH excluding ortho intramolecular Hbond substituents is 1. The van der Waals surface area contributed by atoms with Gasteiger partial charge in [-0.2, -0.15) is 11.8 Å². The average Bonchev–Trinajstić information content (AvgIpc) is 2.69. The Hall–Kier alpha value is -2.26. The number of amides is 2. The lowest BCUT2D eigenvalue weighted by Gasteiger charge is -2.26. The van der Waals surface area contributed by atoms with Crippen LogP contribution in [0.5, 0.6) is 5.75 Å². The van der Waals surface area contributed by atoms with Crippen molar-refractivity contribution in [3.8, 4) is 5.75 Å². The summed E-state index contributed by atoms with van der Waals surface area (Å²) in [6, 6.07) is 3.59. The third-order valence-corrected chi connectivity index (χ3v) is 5.39. The van der Waals surface area contributed by atoms with Gasteiger partial charge in [-0.3, -0.25) is 9.59 Å². The molecule has 29 heavy (non-hydrogen) atoms. The van der Waals surface area contributed by atoms with Crippen LogP contribution in [-0.2, 0) is 20.8 Å². The van der Waals surface area contributed by atoms with Crippen LogP contribution in [0, 0.1) is 5.92 Å². The van der Waals surface area contributed by atoms with Crippen molar-refractivity contribution in [3.63, 3.8) is 0 Å². The molecule has 0 bridgehead atoms. The molecule has 0 spiro atoms. The highest BCUT2D eigenvalue weighted by atomic mass is 32.2. The number of aromatic hydroxyl groups is 1. The van der Waals surface area contributed by atoms with Gasteiger partial charge in [0, 0.05) is 0 Å². The van der Waals surface area contributed by atoms with Gasteiger partial charge in [-0.15, -0.1) is 0 Å². The van der Waals surface area contributed by atoms with Crippen molar-refractivity contribution in [2.45, 2.75) is 51.2 Å². The first-order valence-electron chi connectivity index (χ1n) is 9.55. The van der Waals surface area contributed by atoms with E-state index in [1.54, 1.807) is 12.1 Å². The molecule has 4 atom stereocenters. The maximum absolute atomic E-state index is 12.7. The van der Waals surface area contributed by atoms with Crippen LogP contribution < -0.4 is 16.4 Å².